The molecule has 0 aliphatic heterocycles. The number of aromatic nitrogens is 1. The quantitative estimate of drug-likeness (QED) is 0.684. The van der Waals surface area contributed by atoms with Crippen LogP contribution in [-0.2, 0) is 6.42 Å². The number of halogens is 1. The van der Waals surface area contributed by atoms with E-state index < -0.39 is 0 Å². The molecular weight excluding hydrogens is 230 g/mol. The maximum Gasteiger partial charge on any atom is 0.0471 e. The van der Waals surface area contributed by atoms with Crippen molar-refractivity contribution in [2.45, 2.75) is 6.42 Å². The standard InChI is InChI=1S/C15H12ClN/c16-13-6-7-14-12(10-17-15(14)9-13)8-11-4-2-1-3-5-11/h1-7,9-10,17H,8H2. The molecule has 3 aromatic rings. The maximum atomic E-state index is 5.97. The molecule has 2 heteroatoms. The highest BCUT2D eigenvalue weighted by molar-refractivity contribution is 6.31. The molecular formula is C15H12ClN. The second-order valence-electron chi connectivity index (χ2n) is 4.17. The van der Waals surface area contributed by atoms with Crippen molar-refractivity contribution in [3.63, 3.8) is 0 Å². The summed E-state index contributed by atoms with van der Waals surface area (Å²) in [6.45, 7) is 0. The van der Waals surface area contributed by atoms with Gasteiger partial charge >= 0.3 is 0 Å². The number of benzene rings is 2. The summed E-state index contributed by atoms with van der Waals surface area (Å²) in [6, 6.07) is 16.5. The van der Waals surface area contributed by atoms with Gasteiger partial charge in [0, 0.05) is 22.1 Å². The molecule has 0 saturated heterocycles. The van der Waals surface area contributed by atoms with Crippen molar-refractivity contribution >= 4 is 22.5 Å². The molecule has 0 fully saturated rings. The van der Waals surface area contributed by atoms with Gasteiger partial charge in [0.2, 0.25) is 0 Å². The Morgan fingerprint density at radius 3 is 2.65 bits per heavy atom. The van der Waals surface area contributed by atoms with E-state index >= 15 is 0 Å². The van der Waals surface area contributed by atoms with E-state index in [4.69, 9.17) is 11.6 Å². The van der Waals surface area contributed by atoms with E-state index in [-0.39, 0.29) is 0 Å². The number of nitrogens with one attached hydrogen (secondary N) is 1. The minimum Gasteiger partial charge on any atom is -0.361 e. The van der Waals surface area contributed by atoms with Gasteiger partial charge in [0.25, 0.3) is 0 Å². The Hall–Kier alpha value is -1.73. The van der Waals surface area contributed by atoms with Crippen molar-refractivity contribution in [3.05, 3.63) is 70.9 Å². The van der Waals surface area contributed by atoms with Crippen LogP contribution in [0.25, 0.3) is 10.9 Å². The Kier molecular flexibility index (Phi) is 2.62. The zero-order valence-corrected chi connectivity index (χ0v) is 10.0. The Labute approximate surface area is 105 Å². The van der Waals surface area contributed by atoms with Crippen LogP contribution in [0, 0.1) is 0 Å². The van der Waals surface area contributed by atoms with E-state index in [9.17, 15) is 0 Å². The number of hydrogen-bond donors (Lipinski definition) is 1. The second kappa shape index (κ2) is 4.27. The number of hydrogen-bond acceptors (Lipinski definition) is 0. The van der Waals surface area contributed by atoms with Crippen LogP contribution in [0.4, 0.5) is 0 Å². The van der Waals surface area contributed by atoms with Crippen LogP contribution < -0.4 is 0 Å². The molecule has 17 heavy (non-hydrogen) atoms. The monoisotopic (exact) mass is 241 g/mol. The third kappa shape index (κ3) is 2.06. The lowest BCUT2D eigenvalue weighted by Crippen LogP contribution is -1.85. The summed E-state index contributed by atoms with van der Waals surface area (Å²) >= 11 is 5.97. The number of H-pyrrole nitrogens is 1. The van der Waals surface area contributed by atoms with Crippen LogP contribution >= 0.6 is 11.6 Å². The first kappa shape index (κ1) is 10.4. The smallest absolute Gasteiger partial charge is 0.0471 e. The van der Waals surface area contributed by atoms with Gasteiger partial charge in [0.05, 0.1) is 0 Å². The van der Waals surface area contributed by atoms with Gasteiger partial charge < -0.3 is 4.98 Å². The third-order valence-electron chi connectivity index (χ3n) is 2.97. The van der Waals surface area contributed by atoms with Crippen molar-refractivity contribution < 1.29 is 0 Å². The van der Waals surface area contributed by atoms with Crippen LogP contribution in [0.1, 0.15) is 11.1 Å². The fourth-order valence-electron chi connectivity index (χ4n) is 2.12. The molecule has 3 rings (SSSR count). The van der Waals surface area contributed by atoms with Crippen molar-refractivity contribution in [2.75, 3.05) is 0 Å². The molecule has 0 radical (unpaired) electrons. The van der Waals surface area contributed by atoms with Gasteiger partial charge in [-0.2, -0.15) is 0 Å². The third-order valence-corrected chi connectivity index (χ3v) is 3.20. The van der Waals surface area contributed by atoms with E-state index in [2.05, 4.69) is 41.5 Å². The molecule has 0 aliphatic carbocycles. The molecule has 0 unspecified atom stereocenters. The zero-order valence-electron chi connectivity index (χ0n) is 9.28. The van der Waals surface area contributed by atoms with Crippen LogP contribution in [0.5, 0.6) is 0 Å². The molecule has 84 valence electrons. The first-order valence-electron chi connectivity index (χ1n) is 5.62. The molecule has 0 spiro atoms. The van der Waals surface area contributed by atoms with Crippen molar-refractivity contribution in [2.24, 2.45) is 0 Å². The van der Waals surface area contributed by atoms with Crippen LogP contribution in [0.2, 0.25) is 5.02 Å². The lowest BCUT2D eigenvalue weighted by atomic mass is 10.0. The van der Waals surface area contributed by atoms with Gasteiger partial charge in [-0.1, -0.05) is 48.0 Å². The van der Waals surface area contributed by atoms with Gasteiger partial charge in [-0.15, -0.1) is 0 Å². The number of aromatic amines is 1. The fraction of sp³-hybridized carbons (Fsp3) is 0.0667. The highest BCUT2D eigenvalue weighted by Gasteiger charge is 2.04. The summed E-state index contributed by atoms with van der Waals surface area (Å²) in [6.07, 6.45) is 3.01. The topological polar surface area (TPSA) is 15.8 Å². The summed E-state index contributed by atoms with van der Waals surface area (Å²) in [7, 11) is 0. The van der Waals surface area contributed by atoms with E-state index in [0.29, 0.717) is 0 Å². The molecule has 0 atom stereocenters. The van der Waals surface area contributed by atoms with Crippen molar-refractivity contribution in [1.29, 1.82) is 0 Å². The van der Waals surface area contributed by atoms with Crippen molar-refractivity contribution in [1.82, 2.24) is 4.98 Å². The lowest BCUT2D eigenvalue weighted by molar-refractivity contribution is 1.21. The fourth-order valence-corrected chi connectivity index (χ4v) is 2.29. The van der Waals surface area contributed by atoms with Gasteiger partial charge in [-0.05, 0) is 29.7 Å². The molecule has 1 nitrogen and oxygen atoms in total. The number of rotatable bonds is 2. The first-order valence-corrected chi connectivity index (χ1v) is 6.00. The van der Waals surface area contributed by atoms with Crippen LogP contribution in [-0.4, -0.2) is 4.98 Å². The summed E-state index contributed by atoms with van der Waals surface area (Å²) in [5.74, 6) is 0. The normalized spacial score (nSPS) is 10.9. The van der Waals surface area contributed by atoms with Crippen LogP contribution in [0.15, 0.2) is 54.7 Å². The minimum absolute atomic E-state index is 0.769. The molecule has 2 aromatic carbocycles. The van der Waals surface area contributed by atoms with Gasteiger partial charge in [-0.25, -0.2) is 0 Å². The van der Waals surface area contributed by atoms with Crippen molar-refractivity contribution in [3.8, 4) is 0 Å². The minimum atomic E-state index is 0.769. The Balaban J connectivity index is 2.01. The van der Waals surface area contributed by atoms with E-state index in [0.717, 1.165) is 17.0 Å². The summed E-state index contributed by atoms with van der Waals surface area (Å²) in [4.78, 5) is 3.26. The summed E-state index contributed by atoms with van der Waals surface area (Å²) in [5.41, 5.74) is 3.73. The average molecular weight is 242 g/mol. The largest absolute Gasteiger partial charge is 0.361 e. The molecule has 0 bridgehead atoms. The summed E-state index contributed by atoms with van der Waals surface area (Å²) < 4.78 is 0. The SMILES string of the molecule is Clc1ccc2c(Cc3ccccc3)c[nH]c2c1. The molecule has 1 N–H and O–H groups in total. The molecule has 1 heterocycles. The Morgan fingerprint density at radius 1 is 1.00 bits per heavy atom. The highest BCUT2D eigenvalue weighted by Crippen LogP contribution is 2.23. The predicted molar refractivity (Wildman–Crippen MR) is 72.6 cm³/mol. The van der Waals surface area contributed by atoms with E-state index in [1.165, 1.54) is 16.5 Å². The van der Waals surface area contributed by atoms with Gasteiger partial charge in [-0.3, -0.25) is 0 Å². The Bertz CT molecular complexity index is 640. The predicted octanol–water partition coefficient (Wildman–Crippen LogP) is 4.41. The molecule has 0 amide bonds. The van der Waals surface area contributed by atoms with E-state index in [1.54, 1.807) is 0 Å². The van der Waals surface area contributed by atoms with Crippen LogP contribution in [0.3, 0.4) is 0 Å². The molecule has 1 aromatic heterocycles. The maximum absolute atomic E-state index is 5.97. The van der Waals surface area contributed by atoms with Gasteiger partial charge in [0.1, 0.15) is 0 Å². The second-order valence-corrected chi connectivity index (χ2v) is 4.60. The summed E-state index contributed by atoms with van der Waals surface area (Å²) in [5, 5.41) is 2.02. The molecule has 0 aliphatic rings. The van der Waals surface area contributed by atoms with E-state index in [1.807, 2.05) is 18.2 Å². The Morgan fingerprint density at radius 2 is 1.82 bits per heavy atom. The molecule has 0 saturated carbocycles. The van der Waals surface area contributed by atoms with Gasteiger partial charge in [0.15, 0.2) is 0 Å². The zero-order chi connectivity index (χ0) is 11.7. The number of fused-ring (bicyclic) bond motifs is 1. The highest BCUT2D eigenvalue weighted by atomic mass is 35.5. The lowest BCUT2D eigenvalue weighted by Gasteiger charge is -2.00. The first-order chi connectivity index (χ1) is 8.33. The average Bonchev–Trinajstić information content (AvgIpc) is 2.73.